The predicted octanol–water partition coefficient (Wildman–Crippen LogP) is 1.70. The molecule has 0 radical (unpaired) electrons. The maximum atomic E-state index is 5.73. The van der Waals surface area contributed by atoms with Crippen LogP contribution in [0, 0.1) is 13.8 Å². The molecule has 2 N–H and O–H groups in total. The highest BCUT2D eigenvalue weighted by molar-refractivity contribution is 5.29. The summed E-state index contributed by atoms with van der Waals surface area (Å²) in [5.41, 5.74) is 8.69. The van der Waals surface area contributed by atoms with E-state index in [9.17, 15) is 0 Å². The normalized spacial score (nSPS) is 10.9. The molecule has 0 aliphatic heterocycles. The van der Waals surface area contributed by atoms with Gasteiger partial charge in [-0.25, -0.2) is 9.97 Å². The van der Waals surface area contributed by atoms with Crippen molar-refractivity contribution in [3.8, 4) is 0 Å². The first-order valence-corrected chi connectivity index (χ1v) is 6.24. The number of nitrogens with two attached hydrogens (primary N) is 1. The quantitative estimate of drug-likeness (QED) is 0.903. The van der Waals surface area contributed by atoms with Crippen molar-refractivity contribution in [1.82, 2.24) is 19.9 Å². The van der Waals surface area contributed by atoms with Crippen LogP contribution in [0.5, 0.6) is 0 Å². The average Bonchev–Trinajstić information content (AvgIpc) is 2.26. The molecule has 0 saturated heterocycles. The van der Waals surface area contributed by atoms with Crippen LogP contribution in [-0.4, -0.2) is 26.9 Å². The summed E-state index contributed by atoms with van der Waals surface area (Å²) in [5.74, 6) is 1.26. The summed E-state index contributed by atoms with van der Waals surface area (Å²) in [5, 5.41) is 0. The Morgan fingerprint density at radius 2 is 1.84 bits per heavy atom. The van der Waals surface area contributed by atoms with Gasteiger partial charge in [0.15, 0.2) is 0 Å². The molecule has 0 aliphatic rings. The van der Waals surface area contributed by atoms with E-state index in [4.69, 9.17) is 5.73 Å². The predicted molar refractivity (Wildman–Crippen MR) is 75.3 cm³/mol. The second-order valence-corrected chi connectivity index (χ2v) is 4.79. The van der Waals surface area contributed by atoms with E-state index in [0.29, 0.717) is 12.4 Å². The van der Waals surface area contributed by atoms with Gasteiger partial charge in [0.1, 0.15) is 11.6 Å². The fraction of sp³-hybridized carbons (Fsp3) is 0.357. The van der Waals surface area contributed by atoms with Crippen LogP contribution in [0.25, 0.3) is 0 Å². The maximum absolute atomic E-state index is 5.73. The fourth-order valence-electron chi connectivity index (χ4n) is 1.99. The number of aryl methyl sites for hydroxylation is 2. The number of nitrogens with zero attached hydrogens (tertiary/aromatic N) is 4. The molecule has 0 fully saturated rings. The van der Waals surface area contributed by atoms with Gasteiger partial charge in [-0.3, -0.25) is 9.88 Å². The monoisotopic (exact) mass is 257 g/mol. The molecule has 2 rings (SSSR count). The van der Waals surface area contributed by atoms with Gasteiger partial charge in [0.2, 0.25) is 0 Å². The summed E-state index contributed by atoms with van der Waals surface area (Å²) in [4.78, 5) is 15.2. The van der Waals surface area contributed by atoms with Crippen LogP contribution in [0.15, 0.2) is 24.3 Å². The van der Waals surface area contributed by atoms with Gasteiger partial charge in [0.05, 0.1) is 12.2 Å². The highest BCUT2D eigenvalue weighted by Crippen LogP contribution is 2.07. The van der Waals surface area contributed by atoms with Gasteiger partial charge >= 0.3 is 0 Å². The van der Waals surface area contributed by atoms with Gasteiger partial charge in [-0.1, -0.05) is 6.07 Å². The third-order valence-electron chi connectivity index (χ3n) is 2.71. The van der Waals surface area contributed by atoms with Crippen LogP contribution >= 0.6 is 0 Å². The second kappa shape index (κ2) is 5.75. The van der Waals surface area contributed by atoms with Gasteiger partial charge in [-0.15, -0.1) is 0 Å². The minimum absolute atomic E-state index is 0.518. The van der Waals surface area contributed by atoms with Crippen LogP contribution in [0.3, 0.4) is 0 Å². The van der Waals surface area contributed by atoms with Crippen LogP contribution in [0.2, 0.25) is 0 Å². The highest BCUT2D eigenvalue weighted by atomic mass is 15.1. The molecular weight excluding hydrogens is 238 g/mol. The molecule has 2 aromatic heterocycles. The van der Waals surface area contributed by atoms with E-state index < -0.39 is 0 Å². The molecule has 0 amide bonds. The summed E-state index contributed by atoms with van der Waals surface area (Å²) in [6.45, 7) is 5.33. The van der Waals surface area contributed by atoms with Crippen LogP contribution in [-0.2, 0) is 13.1 Å². The lowest BCUT2D eigenvalue weighted by Gasteiger charge is -2.15. The van der Waals surface area contributed by atoms with Crippen molar-refractivity contribution in [3.05, 3.63) is 47.2 Å². The van der Waals surface area contributed by atoms with Crippen LogP contribution in [0.4, 0.5) is 5.82 Å². The molecule has 0 bridgehead atoms. The molecule has 2 aromatic rings. The first-order valence-electron chi connectivity index (χ1n) is 6.24. The van der Waals surface area contributed by atoms with Crippen molar-refractivity contribution in [1.29, 1.82) is 0 Å². The highest BCUT2D eigenvalue weighted by Gasteiger charge is 2.06. The first kappa shape index (κ1) is 13.4. The minimum Gasteiger partial charge on any atom is -0.384 e. The lowest BCUT2D eigenvalue weighted by Crippen LogP contribution is -2.20. The number of hydrogen-bond acceptors (Lipinski definition) is 5. The van der Waals surface area contributed by atoms with Crippen molar-refractivity contribution in [2.45, 2.75) is 26.9 Å². The molecule has 0 atom stereocenters. The van der Waals surface area contributed by atoms with E-state index in [0.717, 1.165) is 29.5 Å². The van der Waals surface area contributed by atoms with Gasteiger partial charge in [-0.05, 0) is 33.0 Å². The Labute approximate surface area is 113 Å². The maximum Gasteiger partial charge on any atom is 0.144 e. The number of hydrogen-bond donors (Lipinski definition) is 1. The third kappa shape index (κ3) is 3.99. The fourth-order valence-corrected chi connectivity index (χ4v) is 1.99. The summed E-state index contributed by atoms with van der Waals surface area (Å²) >= 11 is 0. The zero-order chi connectivity index (χ0) is 13.8. The molecule has 0 spiro atoms. The van der Waals surface area contributed by atoms with Gasteiger partial charge in [0.25, 0.3) is 0 Å². The van der Waals surface area contributed by atoms with Crippen molar-refractivity contribution in [2.24, 2.45) is 0 Å². The Morgan fingerprint density at radius 3 is 2.53 bits per heavy atom. The molecule has 5 nitrogen and oxygen atoms in total. The van der Waals surface area contributed by atoms with Crippen LogP contribution in [0.1, 0.15) is 22.9 Å². The van der Waals surface area contributed by atoms with E-state index in [1.807, 2.05) is 39.1 Å². The van der Waals surface area contributed by atoms with E-state index in [-0.39, 0.29) is 0 Å². The molecule has 19 heavy (non-hydrogen) atoms. The van der Waals surface area contributed by atoms with E-state index in [1.165, 1.54) is 0 Å². The smallest absolute Gasteiger partial charge is 0.144 e. The Balaban J connectivity index is 2.03. The third-order valence-corrected chi connectivity index (χ3v) is 2.71. The van der Waals surface area contributed by atoms with E-state index >= 15 is 0 Å². The van der Waals surface area contributed by atoms with Gasteiger partial charge in [0, 0.05) is 24.0 Å². The summed E-state index contributed by atoms with van der Waals surface area (Å²) in [6, 6.07) is 7.81. The number of rotatable bonds is 4. The molecule has 0 saturated carbocycles. The Hall–Kier alpha value is -2.01. The Morgan fingerprint density at radius 1 is 1.05 bits per heavy atom. The molecular formula is C14H19N5. The zero-order valence-electron chi connectivity index (χ0n) is 11.6. The van der Waals surface area contributed by atoms with Crippen molar-refractivity contribution in [2.75, 3.05) is 12.8 Å². The molecule has 100 valence electrons. The summed E-state index contributed by atoms with van der Waals surface area (Å²) in [6.07, 6.45) is 0. The molecule has 0 aromatic carbocycles. The zero-order valence-corrected chi connectivity index (χ0v) is 11.6. The SMILES string of the molecule is Cc1cccc(CN(C)Cc2nc(C)cc(N)n2)n1. The topological polar surface area (TPSA) is 67.9 Å². The lowest BCUT2D eigenvalue weighted by atomic mass is 10.3. The standard InChI is InChI=1S/C14H19N5/c1-10-5-4-6-12(16-10)8-19(3)9-14-17-11(2)7-13(15)18-14/h4-7H,8-9H2,1-3H3,(H2,15,17,18). The Kier molecular flexibility index (Phi) is 4.06. The minimum atomic E-state index is 0.518. The number of aromatic nitrogens is 3. The molecule has 2 heterocycles. The number of nitrogen functional groups attached to an aromatic ring is 1. The van der Waals surface area contributed by atoms with Crippen molar-refractivity contribution < 1.29 is 0 Å². The second-order valence-electron chi connectivity index (χ2n) is 4.79. The van der Waals surface area contributed by atoms with Crippen molar-refractivity contribution >= 4 is 5.82 Å². The molecule has 5 heteroatoms. The number of pyridine rings is 1. The van der Waals surface area contributed by atoms with Gasteiger partial charge < -0.3 is 5.73 Å². The van der Waals surface area contributed by atoms with Crippen molar-refractivity contribution in [3.63, 3.8) is 0 Å². The lowest BCUT2D eigenvalue weighted by molar-refractivity contribution is 0.306. The molecule has 0 aliphatic carbocycles. The van der Waals surface area contributed by atoms with Gasteiger partial charge in [-0.2, -0.15) is 0 Å². The largest absolute Gasteiger partial charge is 0.384 e. The average molecular weight is 257 g/mol. The van der Waals surface area contributed by atoms with E-state index in [1.54, 1.807) is 6.07 Å². The molecule has 0 unspecified atom stereocenters. The number of anilines is 1. The first-order chi connectivity index (χ1) is 9.02. The summed E-state index contributed by atoms with van der Waals surface area (Å²) < 4.78 is 0. The summed E-state index contributed by atoms with van der Waals surface area (Å²) in [7, 11) is 2.02. The van der Waals surface area contributed by atoms with Crippen LogP contribution < -0.4 is 5.73 Å². The van der Waals surface area contributed by atoms with E-state index in [2.05, 4.69) is 19.9 Å². The Bertz CT molecular complexity index is 547.